The number of aromatic nitrogens is 2. The molecule has 0 fully saturated rings. The van der Waals surface area contributed by atoms with Gasteiger partial charge in [-0.25, -0.2) is 4.85 Å². The quantitative estimate of drug-likeness (QED) is 0.181. The smallest absolute Gasteiger partial charge is 0.212 e. The molecule has 0 aliphatic carbocycles. The zero-order chi connectivity index (χ0) is 33.8. The van der Waals surface area contributed by atoms with Gasteiger partial charge in [-0.05, 0) is 77.4 Å². The van der Waals surface area contributed by atoms with Crippen LogP contribution in [-0.2, 0) is 0 Å². The first-order valence-corrected chi connectivity index (χ1v) is 16.3. The van der Waals surface area contributed by atoms with Crippen molar-refractivity contribution in [2.45, 2.75) is 0 Å². The molecule has 0 radical (unpaired) electrons. The van der Waals surface area contributed by atoms with E-state index in [1.165, 1.54) is 10.8 Å². The Labute approximate surface area is 288 Å². The molecule has 0 N–H and O–H groups in total. The molecule has 2 heterocycles. The number of hydrogen-bond donors (Lipinski definition) is 0. The minimum atomic E-state index is 0.308. The van der Waals surface area contributed by atoms with Gasteiger partial charge in [-0.1, -0.05) is 91.0 Å². The van der Waals surface area contributed by atoms with Gasteiger partial charge in [0.1, 0.15) is 0 Å². The van der Waals surface area contributed by atoms with Crippen molar-refractivity contribution in [3.05, 3.63) is 174 Å². The minimum absolute atomic E-state index is 0.308. The monoisotopic (exact) mass is 635 g/mol. The molecule has 5 heteroatoms. The Morgan fingerprint density at radius 2 is 1.06 bits per heavy atom. The van der Waals surface area contributed by atoms with Crippen LogP contribution in [0.3, 0.4) is 0 Å². The number of fused-ring (bicyclic) bond motifs is 6. The summed E-state index contributed by atoms with van der Waals surface area (Å²) in [6.45, 7) is 8.16. The fourth-order valence-electron chi connectivity index (χ4n) is 7.44. The van der Waals surface area contributed by atoms with Crippen molar-refractivity contribution >= 4 is 49.3 Å². The van der Waals surface area contributed by atoms with Gasteiger partial charge in [-0.15, -0.1) is 0 Å². The predicted octanol–water partition coefficient (Wildman–Crippen LogP) is 11.5. The van der Waals surface area contributed by atoms with Gasteiger partial charge in [0, 0.05) is 32.8 Å². The fourth-order valence-corrected chi connectivity index (χ4v) is 7.44. The minimum Gasteiger partial charge on any atom is -0.309 e. The number of nitrogens with zero attached hydrogens (tertiary/aromatic N) is 5. The second kappa shape index (κ2) is 11.4. The van der Waals surface area contributed by atoms with Crippen molar-refractivity contribution in [2.75, 3.05) is 0 Å². The van der Waals surface area contributed by atoms with Crippen LogP contribution in [0.5, 0.6) is 0 Å². The van der Waals surface area contributed by atoms with Crippen LogP contribution in [0.2, 0.25) is 0 Å². The molecule has 5 nitrogen and oxygen atoms in total. The summed E-state index contributed by atoms with van der Waals surface area (Å²) in [6, 6.07) is 55.7. The molecule has 2 aromatic heterocycles. The molecule has 0 aliphatic rings. The van der Waals surface area contributed by atoms with Crippen LogP contribution in [0, 0.1) is 29.2 Å². The molecular weight excluding hydrogens is 611 g/mol. The van der Waals surface area contributed by atoms with Crippen LogP contribution in [0.15, 0.2) is 152 Å². The third-order valence-corrected chi connectivity index (χ3v) is 9.60. The van der Waals surface area contributed by atoms with Gasteiger partial charge in [0.25, 0.3) is 0 Å². The summed E-state index contributed by atoms with van der Waals surface area (Å²) >= 11 is 0. The summed E-state index contributed by atoms with van der Waals surface area (Å²) in [7, 11) is 0. The average Bonchev–Trinajstić information content (AvgIpc) is 3.70. The Morgan fingerprint density at radius 1 is 0.480 bits per heavy atom. The van der Waals surface area contributed by atoms with Gasteiger partial charge in [0.15, 0.2) is 0 Å². The lowest BCUT2D eigenvalue weighted by molar-refractivity contribution is 1.18. The van der Waals surface area contributed by atoms with E-state index < -0.39 is 0 Å². The van der Waals surface area contributed by atoms with Crippen molar-refractivity contribution < 1.29 is 0 Å². The van der Waals surface area contributed by atoms with Crippen molar-refractivity contribution in [3.63, 3.8) is 0 Å². The Morgan fingerprint density at radius 3 is 1.72 bits per heavy atom. The second-order valence-electron chi connectivity index (χ2n) is 12.3. The van der Waals surface area contributed by atoms with Gasteiger partial charge in [-0.2, -0.15) is 10.5 Å². The topological polar surface area (TPSA) is 61.8 Å². The number of rotatable bonds is 4. The maximum absolute atomic E-state index is 10.3. The van der Waals surface area contributed by atoms with E-state index in [2.05, 4.69) is 111 Å². The number of nitriles is 2. The van der Waals surface area contributed by atoms with Gasteiger partial charge >= 0.3 is 0 Å². The number of hydrogen-bond acceptors (Lipinski definition) is 2. The van der Waals surface area contributed by atoms with E-state index in [9.17, 15) is 10.5 Å². The molecule has 50 heavy (non-hydrogen) atoms. The molecule has 0 aliphatic heterocycles. The maximum atomic E-state index is 10.3. The second-order valence-corrected chi connectivity index (χ2v) is 12.3. The predicted molar refractivity (Wildman–Crippen MR) is 202 cm³/mol. The van der Waals surface area contributed by atoms with Crippen LogP contribution in [0.4, 0.5) is 5.69 Å². The van der Waals surface area contributed by atoms with E-state index in [0.717, 1.165) is 60.9 Å². The van der Waals surface area contributed by atoms with Crippen molar-refractivity contribution in [1.82, 2.24) is 9.13 Å². The van der Waals surface area contributed by atoms with Crippen molar-refractivity contribution in [2.24, 2.45) is 0 Å². The standard InChI is InChI=1S/C45H25N5/c1-48-45-32(28-47)25-33(49-41-18-7-5-16-37(41)39-23-29(27-46)21-22-44(39)49)26-38(45)31-12-10-11-30(24-31)34-13-2-6-17-40(34)50-42-19-8-3-14-35(42)36-15-4-9-20-43(36)50/h2-26H. The van der Waals surface area contributed by atoms with E-state index in [1.54, 1.807) is 6.07 Å². The van der Waals surface area contributed by atoms with Gasteiger partial charge in [-0.3, -0.25) is 0 Å². The summed E-state index contributed by atoms with van der Waals surface area (Å²) in [5.74, 6) is 0. The Hall–Kier alpha value is -7.39. The normalized spacial score (nSPS) is 11.1. The van der Waals surface area contributed by atoms with Crippen LogP contribution >= 0.6 is 0 Å². The summed E-state index contributed by atoms with van der Waals surface area (Å²) in [5, 5.41) is 24.3. The highest BCUT2D eigenvalue weighted by Gasteiger charge is 2.20. The fraction of sp³-hybridized carbons (Fsp3) is 0. The van der Waals surface area contributed by atoms with E-state index >= 15 is 0 Å². The van der Waals surface area contributed by atoms with Crippen molar-refractivity contribution in [3.8, 4) is 45.8 Å². The van der Waals surface area contributed by atoms with Crippen LogP contribution in [0.25, 0.3) is 82.1 Å². The molecule has 0 saturated carbocycles. The van der Waals surface area contributed by atoms with E-state index in [-0.39, 0.29) is 0 Å². The third kappa shape index (κ3) is 4.31. The number of para-hydroxylation sites is 4. The lowest BCUT2D eigenvalue weighted by Crippen LogP contribution is -1.98. The highest BCUT2D eigenvalue weighted by molar-refractivity contribution is 6.11. The zero-order valence-corrected chi connectivity index (χ0v) is 26.7. The van der Waals surface area contributed by atoms with Gasteiger partial charge in [0.2, 0.25) is 5.69 Å². The van der Waals surface area contributed by atoms with E-state index in [1.807, 2.05) is 60.7 Å². The molecule has 0 bridgehead atoms. The number of benzene rings is 7. The van der Waals surface area contributed by atoms with Crippen LogP contribution in [0.1, 0.15) is 11.1 Å². The first-order chi connectivity index (χ1) is 24.7. The SMILES string of the molecule is [C-]#[N+]c1c(C#N)cc(-n2c3ccccc3c3cc(C#N)ccc32)cc1-c1cccc(-c2ccccc2-n2c3ccccc3c3ccccc32)c1. The molecule has 0 saturated heterocycles. The molecule has 0 spiro atoms. The van der Waals surface area contributed by atoms with E-state index in [4.69, 9.17) is 6.57 Å². The Bertz CT molecular complexity index is 2920. The van der Waals surface area contributed by atoms with Gasteiger partial charge in [0.05, 0.1) is 57.6 Å². The zero-order valence-electron chi connectivity index (χ0n) is 26.7. The first-order valence-electron chi connectivity index (χ1n) is 16.3. The summed E-state index contributed by atoms with van der Waals surface area (Å²) in [6.07, 6.45) is 0. The highest BCUT2D eigenvalue weighted by atomic mass is 15.0. The molecule has 9 rings (SSSR count). The molecule has 0 amide bonds. The lowest BCUT2D eigenvalue weighted by atomic mass is 9.95. The van der Waals surface area contributed by atoms with Gasteiger partial charge < -0.3 is 9.13 Å². The first kappa shape index (κ1) is 28.8. The van der Waals surface area contributed by atoms with E-state index in [0.29, 0.717) is 22.4 Å². The molecular formula is C45H25N5. The molecule has 0 unspecified atom stereocenters. The average molecular weight is 636 g/mol. The largest absolute Gasteiger partial charge is 0.309 e. The summed E-state index contributed by atoms with van der Waals surface area (Å²) < 4.78 is 4.44. The summed E-state index contributed by atoms with van der Waals surface area (Å²) in [4.78, 5) is 3.89. The summed E-state index contributed by atoms with van der Waals surface area (Å²) in [5.41, 5.74) is 10.8. The third-order valence-electron chi connectivity index (χ3n) is 9.60. The Kier molecular flexibility index (Phi) is 6.56. The molecule has 7 aromatic carbocycles. The molecule has 230 valence electrons. The van der Waals surface area contributed by atoms with Crippen molar-refractivity contribution in [1.29, 1.82) is 10.5 Å². The van der Waals surface area contributed by atoms with Crippen LogP contribution in [-0.4, -0.2) is 9.13 Å². The molecule has 0 atom stereocenters. The lowest BCUT2D eigenvalue weighted by Gasteiger charge is -2.16. The highest BCUT2D eigenvalue weighted by Crippen LogP contribution is 2.42. The Balaban J connectivity index is 1.27. The molecule has 9 aromatic rings. The maximum Gasteiger partial charge on any atom is 0.212 e. The van der Waals surface area contributed by atoms with Crippen LogP contribution < -0.4 is 0 Å².